The third kappa shape index (κ3) is 5.44. The van der Waals surface area contributed by atoms with Crippen molar-refractivity contribution in [2.24, 2.45) is 5.16 Å². The van der Waals surface area contributed by atoms with Crippen molar-refractivity contribution in [3.05, 3.63) is 93.4 Å². The highest BCUT2D eigenvalue weighted by atomic mass is 19.4. The summed E-state index contributed by atoms with van der Waals surface area (Å²) in [6.07, 6.45) is -2.96. The summed E-state index contributed by atoms with van der Waals surface area (Å²) in [5.41, 5.74) is -1.99. The summed E-state index contributed by atoms with van der Waals surface area (Å²) in [7, 11) is 0. The molecule has 0 spiro atoms. The van der Waals surface area contributed by atoms with E-state index in [-0.39, 0.29) is 40.8 Å². The Kier molecular flexibility index (Phi) is 6.54. The quantitative estimate of drug-likeness (QED) is 0.251. The highest BCUT2D eigenvalue weighted by molar-refractivity contribution is 6.02. The fourth-order valence-corrected chi connectivity index (χ4v) is 3.94. The van der Waals surface area contributed by atoms with Crippen LogP contribution in [0.2, 0.25) is 0 Å². The van der Waals surface area contributed by atoms with E-state index in [2.05, 4.69) is 20.0 Å². The lowest BCUT2D eigenvalue weighted by molar-refractivity contribution is -0.140. The highest BCUT2D eigenvalue weighted by Crippen LogP contribution is 2.38. The van der Waals surface area contributed by atoms with E-state index in [4.69, 9.17) is 4.74 Å². The summed E-state index contributed by atoms with van der Waals surface area (Å²) in [4.78, 5) is 35.4. The predicted molar refractivity (Wildman–Crippen MR) is 123 cm³/mol. The van der Waals surface area contributed by atoms with Gasteiger partial charge in [0.25, 0.3) is 5.56 Å². The monoisotopic (exact) mass is 548 g/mol. The van der Waals surface area contributed by atoms with Gasteiger partial charge in [-0.1, -0.05) is 5.16 Å². The molecule has 200 valence electrons. The maximum atomic E-state index is 14.2. The molecule has 14 heteroatoms. The number of aromatic nitrogens is 3. The Morgan fingerprint density at radius 1 is 1.00 bits per heavy atom. The van der Waals surface area contributed by atoms with Gasteiger partial charge in [0.1, 0.15) is 28.8 Å². The Bertz CT molecular complexity index is 1690. The molecule has 1 aliphatic rings. The lowest BCUT2D eigenvalue weighted by atomic mass is 10.1. The molecule has 0 radical (unpaired) electrons. The molecule has 1 aliphatic heterocycles. The van der Waals surface area contributed by atoms with Crippen LogP contribution in [-0.2, 0) is 28.8 Å². The zero-order chi connectivity index (χ0) is 27.9. The van der Waals surface area contributed by atoms with Gasteiger partial charge in [-0.05, 0) is 29.8 Å². The number of ether oxygens (including phenoxy) is 1. The van der Waals surface area contributed by atoms with E-state index >= 15 is 0 Å². The topological polar surface area (TPSA) is 95.7 Å². The summed E-state index contributed by atoms with van der Waals surface area (Å²) in [6.45, 7) is -0.453. The molecule has 0 bridgehead atoms. The molecule has 39 heavy (non-hydrogen) atoms. The maximum absolute atomic E-state index is 14.2. The van der Waals surface area contributed by atoms with Crippen LogP contribution in [0.25, 0.3) is 10.9 Å². The summed E-state index contributed by atoms with van der Waals surface area (Å²) in [5.74, 6) is -5.00. The van der Waals surface area contributed by atoms with Gasteiger partial charge in [0, 0.05) is 30.3 Å². The molecule has 0 fully saturated rings. The Morgan fingerprint density at radius 2 is 1.74 bits per heavy atom. The molecule has 4 aromatic rings. The molecule has 5 rings (SSSR count). The molecule has 3 heterocycles. The number of oxime groups is 1. The second kappa shape index (κ2) is 9.85. The predicted octanol–water partition coefficient (Wildman–Crippen LogP) is 4.91. The first-order valence-electron chi connectivity index (χ1n) is 11.1. The van der Waals surface area contributed by atoms with Crippen molar-refractivity contribution in [1.29, 1.82) is 0 Å². The number of carbonyl (C=O) groups is 1. The number of hydrogen-bond acceptors (Lipinski definition) is 7. The maximum Gasteiger partial charge on any atom is 0.421 e. The molecule has 0 N–H and O–H groups in total. The fraction of sp³-hybridized carbons (Fsp3) is 0.160. The van der Waals surface area contributed by atoms with Crippen molar-refractivity contribution in [3.63, 3.8) is 0 Å². The minimum absolute atomic E-state index is 0.0987. The molecule has 0 saturated heterocycles. The average Bonchev–Trinajstić information content (AvgIpc) is 3.27. The first kappa shape index (κ1) is 25.9. The average molecular weight is 548 g/mol. The van der Waals surface area contributed by atoms with E-state index in [1.807, 2.05) is 0 Å². The number of alkyl halides is 3. The standard InChI is InChI=1S/C25H14F6N4O4/c26-13-5-19(27)17(20(28)6-13)10-35-11-33-23(37)16-8-15(1-2-21(16)35)38-24-18(25(29,30)31)4-12(9-32-24)3-14-7-22(36)39-34-14/h1-2,4-6,8-9,11H,3,7,10H2. The normalized spacial score (nSPS) is 13.5. The van der Waals surface area contributed by atoms with Gasteiger partial charge in [0.2, 0.25) is 5.88 Å². The highest BCUT2D eigenvalue weighted by Gasteiger charge is 2.36. The number of nitrogens with zero attached hydrogens (tertiary/aromatic N) is 4. The SMILES string of the molecule is O=C1CC(Cc2cnc(Oc3ccc4c(c3)c(=O)ncn4Cc3c(F)cc(F)cc3F)c(C(F)(F)F)c2)=NO1. The number of carbonyl (C=O) groups excluding carboxylic acids is 1. The van der Waals surface area contributed by atoms with Crippen LogP contribution >= 0.6 is 0 Å². The van der Waals surface area contributed by atoms with Gasteiger partial charge >= 0.3 is 12.1 Å². The van der Waals surface area contributed by atoms with E-state index in [9.17, 15) is 35.9 Å². The Balaban J connectivity index is 1.47. The van der Waals surface area contributed by atoms with E-state index in [1.54, 1.807) is 0 Å². The van der Waals surface area contributed by atoms with Gasteiger partial charge in [-0.3, -0.25) is 4.79 Å². The molecule has 0 unspecified atom stereocenters. The smallest absolute Gasteiger partial charge is 0.421 e. The zero-order valence-corrected chi connectivity index (χ0v) is 19.4. The van der Waals surface area contributed by atoms with Crippen molar-refractivity contribution in [3.8, 4) is 11.6 Å². The van der Waals surface area contributed by atoms with Crippen molar-refractivity contribution in [1.82, 2.24) is 14.5 Å². The molecule has 0 amide bonds. The Labute approximate surface area is 214 Å². The second-order valence-corrected chi connectivity index (χ2v) is 8.48. The van der Waals surface area contributed by atoms with Gasteiger partial charge in [0.05, 0.1) is 35.9 Å². The van der Waals surface area contributed by atoms with Crippen molar-refractivity contribution in [2.45, 2.75) is 25.6 Å². The third-order valence-corrected chi connectivity index (χ3v) is 5.72. The lowest BCUT2D eigenvalue weighted by Crippen LogP contribution is -2.15. The lowest BCUT2D eigenvalue weighted by Gasteiger charge is -2.15. The molecule has 2 aromatic heterocycles. The number of benzene rings is 2. The van der Waals surface area contributed by atoms with Crippen LogP contribution in [0.4, 0.5) is 26.3 Å². The van der Waals surface area contributed by atoms with Gasteiger partial charge in [-0.15, -0.1) is 0 Å². The Morgan fingerprint density at radius 3 is 2.41 bits per heavy atom. The molecule has 0 aliphatic carbocycles. The number of halogens is 6. The third-order valence-electron chi connectivity index (χ3n) is 5.72. The minimum atomic E-state index is -4.86. The summed E-state index contributed by atoms with van der Waals surface area (Å²) in [5, 5.41) is 3.39. The number of pyridine rings is 1. The van der Waals surface area contributed by atoms with Crippen molar-refractivity contribution in [2.75, 3.05) is 0 Å². The minimum Gasteiger partial charge on any atom is -0.438 e. The van der Waals surface area contributed by atoms with Crippen LogP contribution in [0, 0.1) is 17.5 Å². The largest absolute Gasteiger partial charge is 0.438 e. The zero-order valence-electron chi connectivity index (χ0n) is 19.4. The summed E-state index contributed by atoms with van der Waals surface area (Å²) in [6, 6.07) is 5.46. The molecule has 0 saturated carbocycles. The van der Waals surface area contributed by atoms with Crippen LogP contribution < -0.4 is 10.3 Å². The Hall–Kier alpha value is -4.75. The number of fused-ring (bicyclic) bond motifs is 1. The van der Waals surface area contributed by atoms with Crippen LogP contribution in [0.1, 0.15) is 23.1 Å². The number of hydrogen-bond donors (Lipinski definition) is 0. The molecular weight excluding hydrogens is 534 g/mol. The van der Waals surface area contributed by atoms with E-state index in [0.29, 0.717) is 12.1 Å². The van der Waals surface area contributed by atoms with Gasteiger partial charge < -0.3 is 14.1 Å². The van der Waals surface area contributed by atoms with Crippen LogP contribution in [0.5, 0.6) is 11.6 Å². The van der Waals surface area contributed by atoms with Gasteiger partial charge in [-0.2, -0.15) is 18.2 Å². The second-order valence-electron chi connectivity index (χ2n) is 8.48. The van der Waals surface area contributed by atoms with E-state index in [0.717, 1.165) is 24.7 Å². The molecule has 8 nitrogen and oxygen atoms in total. The fourth-order valence-electron chi connectivity index (χ4n) is 3.94. The first-order valence-corrected chi connectivity index (χ1v) is 11.1. The summed E-state index contributed by atoms with van der Waals surface area (Å²) < 4.78 is 89.5. The molecular formula is C25H14F6N4O4. The van der Waals surface area contributed by atoms with Crippen LogP contribution in [0.3, 0.4) is 0 Å². The first-order chi connectivity index (χ1) is 18.5. The van der Waals surface area contributed by atoms with Gasteiger partial charge in [0.15, 0.2) is 0 Å². The van der Waals surface area contributed by atoms with Gasteiger partial charge in [-0.25, -0.2) is 22.9 Å². The number of rotatable bonds is 6. The van der Waals surface area contributed by atoms with Crippen molar-refractivity contribution >= 4 is 22.6 Å². The summed E-state index contributed by atoms with van der Waals surface area (Å²) >= 11 is 0. The van der Waals surface area contributed by atoms with Crippen LogP contribution in [-0.4, -0.2) is 26.2 Å². The van der Waals surface area contributed by atoms with Crippen LogP contribution in [0.15, 0.2) is 58.9 Å². The van der Waals surface area contributed by atoms with E-state index < -0.39 is 58.7 Å². The van der Waals surface area contributed by atoms with Crippen molar-refractivity contribution < 1.29 is 40.7 Å². The molecule has 2 aromatic carbocycles. The molecule has 0 atom stereocenters. The van der Waals surface area contributed by atoms with E-state index in [1.165, 1.54) is 16.7 Å².